The van der Waals surface area contributed by atoms with E-state index in [1.54, 1.807) is 31.2 Å². The van der Waals surface area contributed by atoms with Crippen LogP contribution in [0.2, 0.25) is 0 Å². The Morgan fingerprint density at radius 1 is 1.05 bits per heavy atom. The molecule has 0 atom stereocenters. The van der Waals surface area contributed by atoms with Crippen LogP contribution >= 0.6 is 0 Å². The van der Waals surface area contributed by atoms with Crippen LogP contribution < -0.4 is 4.18 Å². The second kappa shape index (κ2) is 5.35. The summed E-state index contributed by atoms with van der Waals surface area (Å²) >= 11 is 0. The molecule has 0 N–H and O–H groups in total. The third kappa shape index (κ3) is 2.98. The molecule has 0 saturated carbocycles. The Bertz CT molecular complexity index is 772. The van der Waals surface area contributed by atoms with Gasteiger partial charge in [0.05, 0.1) is 11.6 Å². The summed E-state index contributed by atoms with van der Waals surface area (Å²) < 4.78 is 29.4. The standard InChI is InChI=1S/C15H13NO3S/c1-11-3-7-14(8-4-11)20(17,18)19-15-9-13(10-16)6-5-12(15)2/h3-9H,1-2H3. The number of benzene rings is 2. The van der Waals surface area contributed by atoms with Gasteiger partial charge < -0.3 is 4.18 Å². The summed E-state index contributed by atoms with van der Waals surface area (Å²) in [5.41, 5.74) is 1.97. The van der Waals surface area contributed by atoms with Gasteiger partial charge in [-0.1, -0.05) is 23.8 Å². The molecular weight excluding hydrogens is 274 g/mol. The average molecular weight is 287 g/mol. The summed E-state index contributed by atoms with van der Waals surface area (Å²) in [7, 11) is -3.89. The average Bonchev–Trinajstić information content (AvgIpc) is 2.41. The Labute approximate surface area is 118 Å². The van der Waals surface area contributed by atoms with Crippen LogP contribution in [0.5, 0.6) is 5.75 Å². The Morgan fingerprint density at radius 3 is 2.30 bits per heavy atom. The van der Waals surface area contributed by atoms with Crippen LogP contribution in [-0.4, -0.2) is 8.42 Å². The van der Waals surface area contributed by atoms with Crippen LogP contribution in [0.3, 0.4) is 0 Å². The molecule has 0 fully saturated rings. The molecule has 0 bridgehead atoms. The first kappa shape index (κ1) is 14.1. The van der Waals surface area contributed by atoms with E-state index in [9.17, 15) is 8.42 Å². The molecular formula is C15H13NO3S. The second-order valence-electron chi connectivity index (χ2n) is 4.44. The largest absolute Gasteiger partial charge is 0.379 e. The highest BCUT2D eigenvalue weighted by Crippen LogP contribution is 2.24. The zero-order chi connectivity index (χ0) is 14.8. The molecule has 0 aliphatic heterocycles. The van der Waals surface area contributed by atoms with Crippen LogP contribution in [0.1, 0.15) is 16.7 Å². The summed E-state index contributed by atoms with van der Waals surface area (Å²) in [6.45, 7) is 3.60. The summed E-state index contributed by atoms with van der Waals surface area (Å²) in [4.78, 5) is 0.0878. The highest BCUT2D eigenvalue weighted by molar-refractivity contribution is 7.87. The van der Waals surface area contributed by atoms with E-state index in [4.69, 9.17) is 9.44 Å². The maximum absolute atomic E-state index is 12.2. The normalized spacial score (nSPS) is 10.8. The highest BCUT2D eigenvalue weighted by atomic mass is 32.2. The van der Waals surface area contributed by atoms with Crippen molar-refractivity contribution in [1.29, 1.82) is 5.26 Å². The molecule has 0 heterocycles. The van der Waals surface area contributed by atoms with Gasteiger partial charge >= 0.3 is 10.1 Å². The van der Waals surface area contributed by atoms with Gasteiger partial charge in [-0.3, -0.25) is 0 Å². The molecule has 2 rings (SSSR count). The summed E-state index contributed by atoms with van der Waals surface area (Å²) in [5.74, 6) is 0.171. The molecule has 2 aromatic carbocycles. The van der Waals surface area contributed by atoms with E-state index < -0.39 is 10.1 Å². The van der Waals surface area contributed by atoms with Crippen molar-refractivity contribution >= 4 is 10.1 Å². The van der Waals surface area contributed by atoms with Gasteiger partial charge in [-0.15, -0.1) is 0 Å². The van der Waals surface area contributed by atoms with Crippen LogP contribution in [0.15, 0.2) is 47.4 Å². The first-order chi connectivity index (χ1) is 9.42. The zero-order valence-corrected chi connectivity index (χ0v) is 11.9. The summed E-state index contributed by atoms with van der Waals surface area (Å²) in [5, 5.41) is 8.84. The summed E-state index contributed by atoms with van der Waals surface area (Å²) in [6.07, 6.45) is 0. The fourth-order valence-corrected chi connectivity index (χ4v) is 2.61. The molecule has 2 aromatic rings. The lowest BCUT2D eigenvalue weighted by Gasteiger charge is -2.09. The van der Waals surface area contributed by atoms with Gasteiger partial charge in [0, 0.05) is 0 Å². The Balaban J connectivity index is 2.38. The molecule has 0 aliphatic rings. The number of aryl methyl sites for hydroxylation is 2. The van der Waals surface area contributed by atoms with Crippen molar-refractivity contribution in [3.05, 3.63) is 59.2 Å². The van der Waals surface area contributed by atoms with Crippen molar-refractivity contribution < 1.29 is 12.6 Å². The van der Waals surface area contributed by atoms with E-state index in [2.05, 4.69) is 0 Å². The minimum atomic E-state index is -3.89. The van der Waals surface area contributed by atoms with Crippen LogP contribution in [0.25, 0.3) is 0 Å². The van der Waals surface area contributed by atoms with Gasteiger partial charge in [0.25, 0.3) is 0 Å². The molecule has 0 unspecified atom stereocenters. The predicted octanol–water partition coefficient (Wildman–Crippen LogP) is 2.94. The maximum atomic E-state index is 12.2. The number of nitrogens with zero attached hydrogens (tertiary/aromatic N) is 1. The fourth-order valence-electron chi connectivity index (χ4n) is 1.63. The lowest BCUT2D eigenvalue weighted by atomic mass is 10.1. The molecule has 0 spiro atoms. The fraction of sp³-hybridized carbons (Fsp3) is 0.133. The van der Waals surface area contributed by atoms with E-state index >= 15 is 0 Å². The Morgan fingerprint density at radius 2 is 1.70 bits per heavy atom. The lowest BCUT2D eigenvalue weighted by Crippen LogP contribution is -2.10. The Kier molecular flexibility index (Phi) is 3.77. The number of hydrogen-bond donors (Lipinski definition) is 0. The molecule has 5 heteroatoms. The van der Waals surface area contributed by atoms with E-state index in [0.29, 0.717) is 11.1 Å². The molecule has 0 radical (unpaired) electrons. The van der Waals surface area contributed by atoms with Gasteiger partial charge in [-0.25, -0.2) is 0 Å². The van der Waals surface area contributed by atoms with Crippen LogP contribution in [0, 0.1) is 25.2 Å². The maximum Gasteiger partial charge on any atom is 0.339 e. The van der Waals surface area contributed by atoms with Gasteiger partial charge in [-0.05, 0) is 43.7 Å². The lowest BCUT2D eigenvalue weighted by molar-refractivity contribution is 0.484. The molecule has 0 aliphatic carbocycles. The number of hydrogen-bond acceptors (Lipinski definition) is 4. The third-order valence-corrected chi connectivity index (χ3v) is 4.07. The molecule has 20 heavy (non-hydrogen) atoms. The van der Waals surface area contributed by atoms with E-state index in [-0.39, 0.29) is 10.6 Å². The quantitative estimate of drug-likeness (QED) is 0.814. The smallest absolute Gasteiger partial charge is 0.339 e. The molecule has 0 aromatic heterocycles. The van der Waals surface area contributed by atoms with Crippen molar-refractivity contribution in [3.8, 4) is 11.8 Å². The monoisotopic (exact) mass is 287 g/mol. The minimum Gasteiger partial charge on any atom is -0.379 e. The van der Waals surface area contributed by atoms with Crippen LogP contribution in [-0.2, 0) is 10.1 Å². The third-order valence-electron chi connectivity index (χ3n) is 2.83. The zero-order valence-electron chi connectivity index (χ0n) is 11.1. The van der Waals surface area contributed by atoms with Crippen molar-refractivity contribution in [3.63, 3.8) is 0 Å². The molecule has 102 valence electrons. The van der Waals surface area contributed by atoms with Crippen molar-refractivity contribution in [1.82, 2.24) is 0 Å². The minimum absolute atomic E-state index is 0.0878. The van der Waals surface area contributed by atoms with Crippen LogP contribution in [0.4, 0.5) is 0 Å². The molecule has 0 amide bonds. The number of nitriles is 1. The van der Waals surface area contributed by atoms with Gasteiger partial charge in [0.15, 0.2) is 0 Å². The summed E-state index contributed by atoms with van der Waals surface area (Å²) in [6, 6.07) is 13.0. The van der Waals surface area contributed by atoms with Gasteiger partial charge in [-0.2, -0.15) is 13.7 Å². The molecule has 4 nitrogen and oxygen atoms in total. The second-order valence-corrected chi connectivity index (χ2v) is 5.99. The van der Waals surface area contributed by atoms with E-state index in [0.717, 1.165) is 5.56 Å². The van der Waals surface area contributed by atoms with Crippen molar-refractivity contribution in [2.24, 2.45) is 0 Å². The molecule has 0 saturated heterocycles. The van der Waals surface area contributed by atoms with Gasteiger partial charge in [0.1, 0.15) is 10.6 Å². The van der Waals surface area contributed by atoms with Crippen molar-refractivity contribution in [2.75, 3.05) is 0 Å². The first-order valence-electron chi connectivity index (χ1n) is 5.94. The highest BCUT2D eigenvalue weighted by Gasteiger charge is 2.17. The van der Waals surface area contributed by atoms with Gasteiger partial charge in [0.2, 0.25) is 0 Å². The SMILES string of the molecule is Cc1ccc(S(=O)(=O)Oc2cc(C#N)ccc2C)cc1. The Hall–Kier alpha value is -2.32. The van der Waals surface area contributed by atoms with E-state index in [1.807, 2.05) is 13.0 Å². The van der Waals surface area contributed by atoms with E-state index in [1.165, 1.54) is 18.2 Å². The predicted molar refractivity (Wildman–Crippen MR) is 74.9 cm³/mol. The van der Waals surface area contributed by atoms with Crippen molar-refractivity contribution in [2.45, 2.75) is 18.7 Å². The first-order valence-corrected chi connectivity index (χ1v) is 7.35. The number of rotatable bonds is 3. The topological polar surface area (TPSA) is 67.2 Å².